The number of aromatic amines is 1. The van der Waals surface area contributed by atoms with Gasteiger partial charge in [0.05, 0.1) is 23.1 Å². The van der Waals surface area contributed by atoms with Crippen molar-refractivity contribution in [3.05, 3.63) is 65.9 Å². The molecular formula is C28H31FN6O. The van der Waals surface area contributed by atoms with Crippen molar-refractivity contribution in [2.24, 2.45) is 0 Å². The van der Waals surface area contributed by atoms with Gasteiger partial charge in [0.1, 0.15) is 11.6 Å². The van der Waals surface area contributed by atoms with Gasteiger partial charge in [-0.1, -0.05) is 19.3 Å². The zero-order chi connectivity index (χ0) is 24.5. The van der Waals surface area contributed by atoms with E-state index in [1.165, 1.54) is 25.3 Å². The predicted octanol–water partition coefficient (Wildman–Crippen LogP) is 4.63. The molecule has 1 amide bonds. The first-order chi connectivity index (χ1) is 17.6. The lowest BCUT2D eigenvalue weighted by atomic mass is 9.95. The average molecular weight is 487 g/mol. The first-order valence-electron chi connectivity index (χ1n) is 12.9. The highest BCUT2D eigenvalue weighted by molar-refractivity contribution is 5.97. The van der Waals surface area contributed by atoms with Crippen LogP contribution < -0.4 is 10.2 Å². The van der Waals surface area contributed by atoms with Gasteiger partial charge in [-0.25, -0.2) is 9.37 Å². The van der Waals surface area contributed by atoms with E-state index in [2.05, 4.69) is 25.1 Å². The van der Waals surface area contributed by atoms with Gasteiger partial charge in [0.2, 0.25) is 0 Å². The van der Waals surface area contributed by atoms with Gasteiger partial charge in [-0.2, -0.15) is 0 Å². The summed E-state index contributed by atoms with van der Waals surface area (Å²) in [6.45, 7) is 4.18. The quantitative estimate of drug-likeness (QED) is 0.430. The van der Waals surface area contributed by atoms with Crippen LogP contribution in [0.1, 0.15) is 48.3 Å². The summed E-state index contributed by atoms with van der Waals surface area (Å²) in [5, 5.41) is 4.05. The maximum absolute atomic E-state index is 13.9. The molecule has 7 nitrogen and oxygen atoms in total. The molecule has 0 bridgehead atoms. The van der Waals surface area contributed by atoms with Crippen LogP contribution >= 0.6 is 0 Å². The maximum atomic E-state index is 13.9. The molecule has 2 aromatic carbocycles. The number of hydrogen-bond donors (Lipinski definition) is 2. The van der Waals surface area contributed by atoms with Crippen molar-refractivity contribution >= 4 is 33.5 Å². The molecule has 0 spiro atoms. The number of anilines is 1. The van der Waals surface area contributed by atoms with E-state index in [1.807, 2.05) is 24.3 Å². The van der Waals surface area contributed by atoms with Gasteiger partial charge in [0.25, 0.3) is 5.91 Å². The molecule has 2 aromatic heterocycles. The number of fused-ring (bicyclic) bond motifs is 2. The molecule has 2 fully saturated rings. The summed E-state index contributed by atoms with van der Waals surface area (Å²) in [7, 11) is 0. The Morgan fingerprint density at radius 2 is 1.81 bits per heavy atom. The molecule has 1 saturated heterocycles. The normalized spacial score (nSPS) is 17.6. The van der Waals surface area contributed by atoms with Gasteiger partial charge < -0.3 is 15.2 Å². The molecular weight excluding hydrogens is 455 g/mol. The largest absolute Gasteiger partial charge is 0.368 e. The molecule has 3 heterocycles. The van der Waals surface area contributed by atoms with Gasteiger partial charge in [-0.15, -0.1) is 0 Å². The third kappa shape index (κ3) is 4.78. The van der Waals surface area contributed by atoms with Gasteiger partial charge in [-0.3, -0.25) is 14.7 Å². The Hall–Kier alpha value is -3.52. The monoisotopic (exact) mass is 486 g/mol. The molecule has 2 N–H and O–H groups in total. The second kappa shape index (κ2) is 9.85. The Kier molecular flexibility index (Phi) is 6.27. The predicted molar refractivity (Wildman–Crippen MR) is 140 cm³/mol. The Balaban J connectivity index is 1.10. The van der Waals surface area contributed by atoms with Crippen LogP contribution in [0.4, 0.5) is 10.1 Å². The van der Waals surface area contributed by atoms with Crippen molar-refractivity contribution in [3.63, 3.8) is 0 Å². The number of nitrogens with one attached hydrogen (secondary N) is 2. The minimum absolute atomic E-state index is 0.000380. The number of halogens is 1. The van der Waals surface area contributed by atoms with E-state index in [-0.39, 0.29) is 11.7 Å². The van der Waals surface area contributed by atoms with Crippen molar-refractivity contribution < 1.29 is 9.18 Å². The lowest BCUT2D eigenvalue weighted by Gasteiger charge is -2.36. The first kappa shape index (κ1) is 22.9. The minimum Gasteiger partial charge on any atom is -0.368 e. The molecule has 186 valence electrons. The van der Waals surface area contributed by atoms with Crippen LogP contribution in [0.5, 0.6) is 0 Å². The second-order valence-electron chi connectivity index (χ2n) is 9.98. The van der Waals surface area contributed by atoms with Crippen LogP contribution in [0.25, 0.3) is 21.9 Å². The van der Waals surface area contributed by atoms with E-state index in [0.29, 0.717) is 11.6 Å². The number of carbonyl (C=O) groups is 1. The zero-order valence-electron chi connectivity index (χ0n) is 20.3. The van der Waals surface area contributed by atoms with Crippen LogP contribution in [-0.4, -0.2) is 58.0 Å². The fourth-order valence-corrected chi connectivity index (χ4v) is 5.53. The Labute approximate surface area is 209 Å². The van der Waals surface area contributed by atoms with Crippen molar-refractivity contribution in [2.45, 2.75) is 44.7 Å². The standard InChI is InChI=1S/C28H31FN6O/c29-20-7-9-23-22(17-20)26(10-11-30-23)35-14-12-34(13-15-35)18-27-32-24-8-6-19(16-25(24)33-27)28(36)31-21-4-2-1-3-5-21/h6-11,16-17,21H,1-5,12-15,18H2,(H,31,36)(H,32,33). The number of imidazole rings is 1. The molecule has 0 atom stereocenters. The number of nitrogens with zero attached hydrogens (tertiary/aromatic N) is 4. The second-order valence-corrected chi connectivity index (χ2v) is 9.98. The van der Waals surface area contributed by atoms with E-state index in [1.54, 1.807) is 18.3 Å². The molecule has 36 heavy (non-hydrogen) atoms. The van der Waals surface area contributed by atoms with Crippen LogP contribution in [-0.2, 0) is 6.54 Å². The highest BCUT2D eigenvalue weighted by Crippen LogP contribution is 2.27. The van der Waals surface area contributed by atoms with E-state index in [0.717, 1.165) is 79.0 Å². The van der Waals surface area contributed by atoms with Crippen LogP contribution in [0, 0.1) is 5.82 Å². The maximum Gasteiger partial charge on any atom is 0.251 e. The van der Waals surface area contributed by atoms with Crippen molar-refractivity contribution in [1.29, 1.82) is 0 Å². The summed E-state index contributed by atoms with van der Waals surface area (Å²) in [6.07, 6.45) is 7.60. The fourth-order valence-electron chi connectivity index (χ4n) is 5.53. The van der Waals surface area contributed by atoms with E-state index in [9.17, 15) is 9.18 Å². The SMILES string of the molecule is O=C(NC1CCCCC1)c1ccc2nc(CN3CCN(c4ccnc5ccc(F)cc45)CC3)[nH]c2c1. The van der Waals surface area contributed by atoms with E-state index < -0.39 is 0 Å². The molecule has 1 aliphatic heterocycles. The summed E-state index contributed by atoms with van der Waals surface area (Å²) in [4.78, 5) is 30.0. The third-order valence-corrected chi connectivity index (χ3v) is 7.50. The smallest absolute Gasteiger partial charge is 0.251 e. The first-order valence-corrected chi connectivity index (χ1v) is 12.9. The topological polar surface area (TPSA) is 77.2 Å². The van der Waals surface area contributed by atoms with Crippen LogP contribution in [0.15, 0.2) is 48.7 Å². The number of benzene rings is 2. The lowest BCUT2D eigenvalue weighted by Crippen LogP contribution is -2.46. The van der Waals surface area contributed by atoms with Crippen molar-refractivity contribution in [3.8, 4) is 0 Å². The highest BCUT2D eigenvalue weighted by atomic mass is 19.1. The Morgan fingerprint density at radius 1 is 1.00 bits per heavy atom. The number of pyridine rings is 1. The third-order valence-electron chi connectivity index (χ3n) is 7.50. The molecule has 2 aliphatic rings. The Morgan fingerprint density at radius 3 is 2.64 bits per heavy atom. The van der Waals surface area contributed by atoms with Crippen LogP contribution in [0.2, 0.25) is 0 Å². The Bertz CT molecular complexity index is 1390. The number of carbonyl (C=O) groups excluding carboxylic acids is 1. The van der Waals surface area contributed by atoms with E-state index >= 15 is 0 Å². The van der Waals surface area contributed by atoms with Gasteiger partial charge in [0, 0.05) is 55.1 Å². The number of hydrogen-bond acceptors (Lipinski definition) is 5. The number of amides is 1. The summed E-state index contributed by atoms with van der Waals surface area (Å²) in [6, 6.07) is 12.7. The number of aromatic nitrogens is 3. The van der Waals surface area contributed by atoms with Gasteiger partial charge in [0.15, 0.2) is 0 Å². The molecule has 0 radical (unpaired) electrons. The summed E-state index contributed by atoms with van der Waals surface area (Å²) in [5.41, 5.74) is 4.29. The van der Waals surface area contributed by atoms with E-state index in [4.69, 9.17) is 4.98 Å². The molecule has 1 aliphatic carbocycles. The van der Waals surface area contributed by atoms with Crippen molar-refractivity contribution in [1.82, 2.24) is 25.2 Å². The number of rotatable bonds is 5. The zero-order valence-corrected chi connectivity index (χ0v) is 20.3. The van der Waals surface area contributed by atoms with Crippen LogP contribution in [0.3, 0.4) is 0 Å². The average Bonchev–Trinajstić information content (AvgIpc) is 3.31. The van der Waals surface area contributed by atoms with Gasteiger partial charge in [-0.05, 0) is 55.3 Å². The molecule has 1 saturated carbocycles. The molecule has 8 heteroatoms. The fraction of sp³-hybridized carbons (Fsp3) is 0.393. The molecule has 0 unspecified atom stereocenters. The number of H-pyrrole nitrogens is 1. The van der Waals surface area contributed by atoms with Crippen molar-refractivity contribution in [2.75, 3.05) is 31.1 Å². The molecule has 4 aromatic rings. The number of piperazine rings is 1. The molecule has 6 rings (SSSR count). The summed E-state index contributed by atoms with van der Waals surface area (Å²) < 4.78 is 13.9. The van der Waals surface area contributed by atoms with Gasteiger partial charge >= 0.3 is 0 Å². The highest BCUT2D eigenvalue weighted by Gasteiger charge is 2.21. The summed E-state index contributed by atoms with van der Waals surface area (Å²) in [5.74, 6) is 0.661. The lowest BCUT2D eigenvalue weighted by molar-refractivity contribution is 0.0928. The summed E-state index contributed by atoms with van der Waals surface area (Å²) >= 11 is 0. The minimum atomic E-state index is -0.241.